The largest absolute Gasteiger partial charge is 0.478 e. The first-order chi connectivity index (χ1) is 12.9. The number of rotatable bonds is 6. The summed E-state index contributed by atoms with van der Waals surface area (Å²) in [7, 11) is 3.50. The Labute approximate surface area is 154 Å². The zero-order chi connectivity index (χ0) is 19.4. The van der Waals surface area contributed by atoms with Gasteiger partial charge in [0.2, 0.25) is 5.89 Å². The van der Waals surface area contributed by atoms with Crippen LogP contribution in [0.25, 0.3) is 0 Å². The van der Waals surface area contributed by atoms with Gasteiger partial charge in [-0.05, 0) is 31.8 Å². The first-order valence-corrected chi connectivity index (χ1v) is 8.55. The molecule has 2 aromatic rings. The van der Waals surface area contributed by atoms with E-state index in [4.69, 9.17) is 9.15 Å². The van der Waals surface area contributed by atoms with Gasteiger partial charge in [0.05, 0.1) is 13.7 Å². The zero-order valence-corrected chi connectivity index (χ0v) is 15.1. The van der Waals surface area contributed by atoms with E-state index in [9.17, 15) is 13.2 Å². The highest BCUT2D eigenvalue weighted by Crippen LogP contribution is 2.29. The van der Waals surface area contributed by atoms with Crippen molar-refractivity contribution in [2.45, 2.75) is 25.6 Å². The second kappa shape index (κ2) is 8.07. The van der Waals surface area contributed by atoms with E-state index in [-0.39, 0.29) is 12.4 Å². The van der Waals surface area contributed by atoms with Gasteiger partial charge in [-0.15, -0.1) is 10.2 Å². The van der Waals surface area contributed by atoms with Crippen LogP contribution in [0.4, 0.5) is 19.0 Å². The Kier molecular flexibility index (Phi) is 5.78. The molecule has 0 spiro atoms. The van der Waals surface area contributed by atoms with Crippen molar-refractivity contribution in [3.05, 3.63) is 24.2 Å². The summed E-state index contributed by atoms with van der Waals surface area (Å²) in [6.07, 6.45) is 0.414. The molecule has 11 heteroatoms. The minimum absolute atomic E-state index is 0.0119. The third-order valence-electron chi connectivity index (χ3n) is 4.51. The van der Waals surface area contributed by atoms with Gasteiger partial charge in [-0.3, -0.25) is 4.90 Å². The van der Waals surface area contributed by atoms with Gasteiger partial charge in [0, 0.05) is 26.0 Å². The lowest BCUT2D eigenvalue weighted by atomic mass is 9.96. The number of hydrogen-bond acceptors (Lipinski definition) is 8. The number of nitrogens with zero attached hydrogens (tertiary/aromatic N) is 6. The Balaban J connectivity index is 1.49. The van der Waals surface area contributed by atoms with E-state index in [1.165, 1.54) is 0 Å². The Morgan fingerprint density at radius 3 is 2.56 bits per heavy atom. The van der Waals surface area contributed by atoms with Crippen molar-refractivity contribution < 1.29 is 22.3 Å². The summed E-state index contributed by atoms with van der Waals surface area (Å²) in [5.74, 6) is 0.294. The molecular weight excluding hydrogens is 365 g/mol. The molecule has 0 aromatic carbocycles. The second-order valence-electron chi connectivity index (χ2n) is 6.49. The topological polar surface area (TPSA) is 80.4 Å². The van der Waals surface area contributed by atoms with Crippen LogP contribution < -0.4 is 9.64 Å². The highest BCUT2D eigenvalue weighted by atomic mass is 19.4. The molecule has 148 valence electrons. The number of methoxy groups -OCH3 is 1. The molecule has 1 aliphatic rings. The third kappa shape index (κ3) is 4.85. The second-order valence-corrected chi connectivity index (χ2v) is 6.49. The van der Waals surface area contributed by atoms with Crippen LogP contribution in [0, 0.1) is 5.92 Å². The molecule has 3 rings (SSSR count). The highest BCUT2D eigenvalue weighted by molar-refractivity contribution is 5.46. The van der Waals surface area contributed by atoms with Gasteiger partial charge in [0.25, 0.3) is 5.88 Å². The molecule has 2 aromatic heterocycles. The Hall–Kier alpha value is -2.43. The number of alkyl halides is 3. The van der Waals surface area contributed by atoms with Crippen LogP contribution >= 0.6 is 0 Å². The average molecular weight is 386 g/mol. The molecule has 0 unspecified atom stereocenters. The summed E-state index contributed by atoms with van der Waals surface area (Å²) in [5, 5.41) is 6.54. The molecule has 0 bridgehead atoms. The van der Waals surface area contributed by atoms with Gasteiger partial charge in [0.1, 0.15) is 0 Å². The number of anilines is 1. The summed E-state index contributed by atoms with van der Waals surface area (Å²) in [5.41, 5.74) is 0. The molecule has 1 fully saturated rings. The smallest absolute Gasteiger partial charge is 0.470 e. The normalized spacial score (nSPS) is 16.5. The lowest BCUT2D eigenvalue weighted by Gasteiger charge is -2.33. The third-order valence-corrected chi connectivity index (χ3v) is 4.51. The van der Waals surface area contributed by atoms with Crippen LogP contribution in [0.2, 0.25) is 0 Å². The number of likely N-dealkylation sites (tertiary alicyclic amines) is 1. The van der Waals surface area contributed by atoms with Crippen molar-refractivity contribution in [1.82, 2.24) is 25.1 Å². The van der Waals surface area contributed by atoms with Crippen molar-refractivity contribution in [2.75, 3.05) is 38.7 Å². The minimum atomic E-state index is -4.61. The molecule has 0 saturated carbocycles. The van der Waals surface area contributed by atoms with Gasteiger partial charge >= 0.3 is 12.1 Å². The van der Waals surface area contributed by atoms with Gasteiger partial charge < -0.3 is 14.1 Å². The van der Waals surface area contributed by atoms with Crippen LogP contribution in [-0.4, -0.2) is 58.9 Å². The molecule has 0 amide bonds. The summed E-state index contributed by atoms with van der Waals surface area (Å²) in [6, 6.07) is 0. The number of halogens is 3. The lowest BCUT2D eigenvalue weighted by Crippen LogP contribution is -2.37. The summed E-state index contributed by atoms with van der Waals surface area (Å²) in [4.78, 5) is 12.5. The standard InChI is InChI=1S/C16H21F3N6O2/c1-24(13-14(26-2)21-6-5-20-13)9-11-3-7-25(8-4-11)10-12-22-23-15(27-12)16(17,18)19/h5-6,11H,3-4,7-10H2,1-2H3. The van der Waals surface area contributed by atoms with E-state index in [2.05, 4.69) is 20.2 Å². The predicted molar refractivity (Wildman–Crippen MR) is 89.2 cm³/mol. The van der Waals surface area contributed by atoms with Crippen LogP contribution in [0.3, 0.4) is 0 Å². The first kappa shape index (κ1) is 19.3. The molecule has 3 heterocycles. The van der Waals surface area contributed by atoms with Crippen molar-refractivity contribution in [2.24, 2.45) is 5.92 Å². The van der Waals surface area contributed by atoms with Crippen molar-refractivity contribution in [3.63, 3.8) is 0 Å². The van der Waals surface area contributed by atoms with E-state index in [0.717, 1.165) is 32.5 Å². The lowest BCUT2D eigenvalue weighted by molar-refractivity contribution is -0.157. The molecule has 0 N–H and O–H groups in total. The molecule has 8 nitrogen and oxygen atoms in total. The molecule has 0 atom stereocenters. The van der Waals surface area contributed by atoms with E-state index in [1.54, 1.807) is 19.5 Å². The fraction of sp³-hybridized carbons (Fsp3) is 0.625. The van der Waals surface area contributed by atoms with E-state index in [0.29, 0.717) is 17.6 Å². The maximum atomic E-state index is 12.5. The summed E-state index contributed by atoms with van der Waals surface area (Å²) in [6.45, 7) is 2.52. The van der Waals surface area contributed by atoms with E-state index < -0.39 is 12.1 Å². The number of hydrogen-bond donors (Lipinski definition) is 0. The molecule has 0 aliphatic carbocycles. The highest BCUT2D eigenvalue weighted by Gasteiger charge is 2.38. The summed E-state index contributed by atoms with van der Waals surface area (Å²) >= 11 is 0. The van der Waals surface area contributed by atoms with Crippen molar-refractivity contribution in [3.8, 4) is 5.88 Å². The van der Waals surface area contributed by atoms with E-state index >= 15 is 0 Å². The van der Waals surface area contributed by atoms with Crippen LogP contribution in [-0.2, 0) is 12.7 Å². The maximum Gasteiger partial charge on any atom is 0.470 e. The molecule has 1 saturated heterocycles. The fourth-order valence-corrected chi connectivity index (χ4v) is 3.15. The average Bonchev–Trinajstić information content (AvgIpc) is 3.12. The van der Waals surface area contributed by atoms with Crippen molar-refractivity contribution in [1.29, 1.82) is 0 Å². The number of piperidine rings is 1. The SMILES string of the molecule is COc1nccnc1N(C)CC1CCN(Cc2nnc(C(F)(F)F)o2)CC1. The molecule has 1 aliphatic heterocycles. The fourth-order valence-electron chi connectivity index (χ4n) is 3.15. The van der Waals surface area contributed by atoms with Crippen LogP contribution in [0.5, 0.6) is 5.88 Å². The minimum Gasteiger partial charge on any atom is -0.478 e. The molecular formula is C16H21F3N6O2. The maximum absolute atomic E-state index is 12.5. The van der Waals surface area contributed by atoms with Gasteiger partial charge in [-0.1, -0.05) is 0 Å². The molecule has 0 radical (unpaired) electrons. The predicted octanol–water partition coefficient (Wildman–Crippen LogP) is 2.24. The Morgan fingerprint density at radius 2 is 1.93 bits per heavy atom. The number of aromatic nitrogens is 4. The van der Waals surface area contributed by atoms with Gasteiger partial charge in [-0.2, -0.15) is 13.2 Å². The summed E-state index contributed by atoms with van der Waals surface area (Å²) < 4.78 is 47.5. The quantitative estimate of drug-likeness (QED) is 0.748. The van der Waals surface area contributed by atoms with Gasteiger partial charge in [-0.25, -0.2) is 9.97 Å². The monoisotopic (exact) mass is 386 g/mol. The molecule has 27 heavy (non-hydrogen) atoms. The van der Waals surface area contributed by atoms with E-state index in [1.807, 2.05) is 16.8 Å². The number of ether oxygens (including phenoxy) is 1. The van der Waals surface area contributed by atoms with Gasteiger partial charge in [0.15, 0.2) is 5.82 Å². The zero-order valence-electron chi connectivity index (χ0n) is 15.1. The Morgan fingerprint density at radius 1 is 1.22 bits per heavy atom. The van der Waals surface area contributed by atoms with Crippen LogP contribution in [0.15, 0.2) is 16.8 Å². The Bertz CT molecular complexity index is 746. The van der Waals surface area contributed by atoms with Crippen LogP contribution in [0.1, 0.15) is 24.6 Å². The first-order valence-electron chi connectivity index (χ1n) is 8.55. The van der Waals surface area contributed by atoms with Crippen molar-refractivity contribution >= 4 is 5.82 Å².